The summed E-state index contributed by atoms with van der Waals surface area (Å²) in [7, 11) is 0. The first-order chi connectivity index (χ1) is 23.2. The summed E-state index contributed by atoms with van der Waals surface area (Å²) in [5.74, 6) is 0.535. The molecule has 10 heteroatoms. The number of halogens is 3. The average molecular weight is 658 g/mol. The first kappa shape index (κ1) is 32.6. The van der Waals surface area contributed by atoms with Gasteiger partial charge in [-0.3, -0.25) is 4.79 Å². The molecular formula is C38H42F3N5O2. The Labute approximate surface area is 279 Å². The van der Waals surface area contributed by atoms with Crippen molar-refractivity contribution in [2.45, 2.75) is 62.9 Å². The summed E-state index contributed by atoms with van der Waals surface area (Å²) in [6.45, 7) is 5.44. The topological polar surface area (TPSA) is 80.7 Å². The summed E-state index contributed by atoms with van der Waals surface area (Å²) in [6, 6.07) is 21.3. The van der Waals surface area contributed by atoms with Crippen molar-refractivity contribution in [2.75, 3.05) is 44.6 Å². The molecule has 3 aliphatic rings. The van der Waals surface area contributed by atoms with E-state index in [2.05, 4.69) is 33.7 Å². The fourth-order valence-corrected chi connectivity index (χ4v) is 7.57. The summed E-state index contributed by atoms with van der Waals surface area (Å²) < 4.78 is 39.3. The van der Waals surface area contributed by atoms with Gasteiger partial charge in [0.2, 0.25) is 0 Å². The Morgan fingerprint density at radius 1 is 0.938 bits per heavy atom. The number of aliphatic hydroxyl groups excluding tert-OH is 1. The third-order valence-electron chi connectivity index (χ3n) is 10.2. The van der Waals surface area contributed by atoms with E-state index < -0.39 is 17.8 Å². The number of pyridine rings is 1. The van der Waals surface area contributed by atoms with Gasteiger partial charge in [0.25, 0.3) is 5.91 Å². The minimum Gasteiger partial charge on any atom is -0.391 e. The number of benzene rings is 3. The van der Waals surface area contributed by atoms with Crippen molar-refractivity contribution in [3.63, 3.8) is 0 Å². The van der Waals surface area contributed by atoms with Crippen LogP contribution in [-0.4, -0.2) is 77.2 Å². The third kappa shape index (κ3) is 7.06. The van der Waals surface area contributed by atoms with Gasteiger partial charge in [0.05, 0.1) is 22.7 Å². The van der Waals surface area contributed by atoms with Crippen molar-refractivity contribution in [1.82, 2.24) is 20.1 Å². The van der Waals surface area contributed by atoms with Gasteiger partial charge >= 0.3 is 6.18 Å². The lowest BCUT2D eigenvalue weighted by molar-refractivity contribution is -0.137. The number of carbonyl (C=O) groups is 1. The summed E-state index contributed by atoms with van der Waals surface area (Å²) >= 11 is 0. The lowest BCUT2D eigenvalue weighted by atomic mass is 9.86. The van der Waals surface area contributed by atoms with Gasteiger partial charge in [-0.05, 0) is 104 Å². The average Bonchev–Trinajstić information content (AvgIpc) is 3.79. The SMILES string of the molecule is O=C(c1cc(NCc2ccc(C(F)(F)F)cc2)nc2ccc(-c3cccc([C@H]4CCNC[C@@H]4O)c3)cc12)N1CCC[C@H]1CN1CCCC1. The first-order valence-corrected chi connectivity index (χ1v) is 17.1. The van der Waals surface area contributed by atoms with Gasteiger partial charge in [-0.2, -0.15) is 13.2 Å². The number of anilines is 1. The van der Waals surface area contributed by atoms with E-state index in [9.17, 15) is 23.1 Å². The zero-order chi connectivity index (χ0) is 33.3. The zero-order valence-corrected chi connectivity index (χ0v) is 27.0. The van der Waals surface area contributed by atoms with Crippen molar-refractivity contribution in [1.29, 1.82) is 0 Å². The highest BCUT2D eigenvalue weighted by atomic mass is 19.4. The maximum Gasteiger partial charge on any atom is 0.416 e. The van der Waals surface area contributed by atoms with Gasteiger partial charge in [-0.1, -0.05) is 42.5 Å². The molecule has 4 heterocycles. The number of aliphatic hydroxyl groups is 1. The quantitative estimate of drug-likeness (QED) is 0.197. The van der Waals surface area contributed by atoms with E-state index in [1.165, 1.54) is 25.0 Å². The van der Waals surface area contributed by atoms with Crippen LogP contribution in [0.2, 0.25) is 0 Å². The molecule has 0 radical (unpaired) electrons. The molecule has 1 aromatic heterocycles. The number of carbonyl (C=O) groups excluding carboxylic acids is 1. The predicted molar refractivity (Wildman–Crippen MR) is 182 cm³/mol. The maximum atomic E-state index is 14.5. The molecule has 3 aromatic carbocycles. The molecule has 0 saturated carbocycles. The van der Waals surface area contributed by atoms with E-state index in [0.29, 0.717) is 35.6 Å². The van der Waals surface area contributed by atoms with Gasteiger partial charge < -0.3 is 25.5 Å². The van der Waals surface area contributed by atoms with E-state index in [4.69, 9.17) is 4.98 Å². The summed E-state index contributed by atoms with van der Waals surface area (Å²) in [4.78, 5) is 23.8. The molecule has 3 N–H and O–H groups in total. The van der Waals surface area contributed by atoms with E-state index in [1.54, 1.807) is 6.07 Å². The second-order valence-corrected chi connectivity index (χ2v) is 13.4. The number of hydrogen-bond donors (Lipinski definition) is 3. The monoisotopic (exact) mass is 657 g/mol. The lowest BCUT2D eigenvalue weighted by Gasteiger charge is -2.29. The Morgan fingerprint density at radius 3 is 2.50 bits per heavy atom. The van der Waals surface area contributed by atoms with Crippen LogP contribution in [0.5, 0.6) is 0 Å². The smallest absolute Gasteiger partial charge is 0.391 e. The normalized spacial score (nSPS) is 22.0. The Bertz CT molecular complexity index is 1760. The minimum atomic E-state index is -4.39. The van der Waals surface area contributed by atoms with Crippen LogP contribution >= 0.6 is 0 Å². The molecule has 0 unspecified atom stereocenters. The van der Waals surface area contributed by atoms with E-state index in [0.717, 1.165) is 79.7 Å². The molecule has 252 valence electrons. The fourth-order valence-electron chi connectivity index (χ4n) is 7.57. The zero-order valence-electron chi connectivity index (χ0n) is 27.0. The van der Waals surface area contributed by atoms with Gasteiger partial charge in [0.15, 0.2) is 0 Å². The first-order valence-electron chi connectivity index (χ1n) is 17.1. The summed E-state index contributed by atoms with van der Waals surface area (Å²) in [5, 5.41) is 17.9. The molecule has 3 aliphatic heterocycles. The van der Waals surface area contributed by atoms with E-state index in [1.807, 2.05) is 29.2 Å². The van der Waals surface area contributed by atoms with Crippen LogP contribution in [0.3, 0.4) is 0 Å². The van der Waals surface area contributed by atoms with Crippen molar-refractivity contribution >= 4 is 22.6 Å². The molecule has 7 rings (SSSR count). The number of piperidine rings is 1. The Morgan fingerprint density at radius 2 is 1.73 bits per heavy atom. The number of β-amino-alcohol motifs (C(OH)–C–C–N with tert-alkyl or cyclic N) is 1. The largest absolute Gasteiger partial charge is 0.416 e. The van der Waals surface area contributed by atoms with Crippen LogP contribution in [0, 0.1) is 0 Å². The van der Waals surface area contributed by atoms with Crippen molar-refractivity contribution in [3.8, 4) is 11.1 Å². The van der Waals surface area contributed by atoms with E-state index >= 15 is 0 Å². The van der Waals surface area contributed by atoms with Crippen molar-refractivity contribution in [2.24, 2.45) is 0 Å². The molecule has 48 heavy (non-hydrogen) atoms. The molecule has 4 aromatic rings. The van der Waals surface area contributed by atoms with Gasteiger partial charge in [0, 0.05) is 43.5 Å². The van der Waals surface area contributed by atoms with Crippen LogP contribution < -0.4 is 10.6 Å². The number of rotatable bonds is 8. The molecule has 3 atom stereocenters. The van der Waals surface area contributed by atoms with Gasteiger partial charge in [-0.25, -0.2) is 4.98 Å². The number of alkyl halides is 3. The summed E-state index contributed by atoms with van der Waals surface area (Å²) in [6.07, 6.45) is 0.368. The Kier molecular flexibility index (Phi) is 9.40. The van der Waals surface area contributed by atoms with Crippen LogP contribution in [0.1, 0.15) is 65.1 Å². The minimum absolute atomic E-state index is 0.0228. The molecule has 3 fully saturated rings. The number of aromatic nitrogens is 1. The number of likely N-dealkylation sites (tertiary alicyclic amines) is 2. The number of nitrogens with zero attached hydrogens (tertiary/aromatic N) is 3. The highest BCUT2D eigenvalue weighted by Gasteiger charge is 2.33. The fraction of sp³-hybridized carbons (Fsp3) is 0.421. The molecular weight excluding hydrogens is 615 g/mol. The van der Waals surface area contributed by atoms with Crippen LogP contribution in [0.25, 0.3) is 22.0 Å². The van der Waals surface area contributed by atoms with Crippen molar-refractivity contribution in [3.05, 3.63) is 95.1 Å². The molecule has 0 aliphatic carbocycles. The number of fused-ring (bicyclic) bond motifs is 1. The molecule has 3 saturated heterocycles. The number of nitrogens with one attached hydrogen (secondary N) is 2. The van der Waals surface area contributed by atoms with Gasteiger partial charge in [0.1, 0.15) is 5.82 Å². The van der Waals surface area contributed by atoms with Crippen LogP contribution in [-0.2, 0) is 12.7 Å². The molecule has 7 nitrogen and oxygen atoms in total. The maximum absolute atomic E-state index is 14.5. The van der Waals surface area contributed by atoms with Gasteiger partial charge in [-0.15, -0.1) is 0 Å². The second kappa shape index (κ2) is 13.9. The second-order valence-electron chi connectivity index (χ2n) is 13.4. The highest BCUT2D eigenvalue weighted by Crippen LogP contribution is 2.34. The van der Waals surface area contributed by atoms with E-state index in [-0.39, 0.29) is 24.4 Å². The number of hydrogen-bond acceptors (Lipinski definition) is 6. The standard InChI is InChI=1S/C38H42F3N5O2/c39-38(40,41)29-11-8-25(9-12-29)22-43-36-21-33(37(48)46-18-4-7-30(46)24-45-16-1-2-17-45)32-20-27(10-13-34(32)44-36)26-5-3-6-28(19-26)31-14-15-42-23-35(31)47/h3,5-6,8-13,19-21,30-31,35,42,47H,1-2,4,7,14-18,22-24H2,(H,43,44)/t30-,31+,35-/m0/s1. The predicted octanol–water partition coefficient (Wildman–Crippen LogP) is 6.67. The third-order valence-corrected chi connectivity index (χ3v) is 10.2. The Hall–Kier alpha value is -3.99. The van der Waals surface area contributed by atoms with Crippen LogP contribution in [0.15, 0.2) is 72.8 Å². The molecule has 1 amide bonds. The van der Waals surface area contributed by atoms with Crippen LogP contribution in [0.4, 0.5) is 19.0 Å². The number of amides is 1. The van der Waals surface area contributed by atoms with Crippen molar-refractivity contribution < 1.29 is 23.1 Å². The molecule has 0 bridgehead atoms. The Balaban J connectivity index is 1.22. The lowest BCUT2D eigenvalue weighted by Crippen LogP contribution is -2.42. The molecule has 0 spiro atoms. The summed E-state index contributed by atoms with van der Waals surface area (Å²) in [5.41, 5.74) is 4.29. The highest BCUT2D eigenvalue weighted by molar-refractivity contribution is 6.08.